The van der Waals surface area contributed by atoms with Gasteiger partial charge in [0.15, 0.2) is 0 Å². The van der Waals surface area contributed by atoms with Crippen molar-refractivity contribution < 1.29 is 0 Å². The molecule has 1 heterocycles. The Balaban J connectivity index is 1.75. The molecule has 2 heteroatoms. The lowest BCUT2D eigenvalue weighted by molar-refractivity contribution is 0.317. The second kappa shape index (κ2) is 3.35. The summed E-state index contributed by atoms with van der Waals surface area (Å²) in [5, 5.41) is 6.69. The van der Waals surface area contributed by atoms with E-state index in [9.17, 15) is 0 Å². The molecule has 70 valence electrons. The van der Waals surface area contributed by atoms with Gasteiger partial charge in [-0.1, -0.05) is 0 Å². The molecule has 1 spiro atoms. The van der Waals surface area contributed by atoms with Gasteiger partial charge in [-0.15, -0.1) is 0 Å². The molecule has 1 unspecified atom stereocenters. The van der Waals surface area contributed by atoms with Crippen LogP contribution in [0.3, 0.4) is 0 Å². The Hall–Kier alpha value is -0.0800. The maximum absolute atomic E-state index is 3.44. The third-order valence-corrected chi connectivity index (χ3v) is 3.70. The van der Waals surface area contributed by atoms with Crippen molar-refractivity contribution in [2.75, 3.05) is 26.7 Å². The Morgan fingerprint density at radius 3 is 2.83 bits per heavy atom. The van der Waals surface area contributed by atoms with Gasteiger partial charge in [-0.05, 0) is 63.7 Å². The molecule has 1 aliphatic carbocycles. The average Bonchev–Trinajstić information content (AvgIpc) is 2.77. The minimum atomic E-state index is 0.794. The van der Waals surface area contributed by atoms with Gasteiger partial charge in [0.1, 0.15) is 0 Å². The number of nitrogens with one attached hydrogen (secondary N) is 2. The van der Waals surface area contributed by atoms with Crippen LogP contribution in [0.2, 0.25) is 0 Å². The predicted molar refractivity (Wildman–Crippen MR) is 51.2 cm³/mol. The zero-order valence-corrected chi connectivity index (χ0v) is 8.03. The highest BCUT2D eigenvalue weighted by Gasteiger charge is 2.52. The van der Waals surface area contributed by atoms with Crippen LogP contribution in [0, 0.1) is 11.3 Å². The Morgan fingerprint density at radius 2 is 2.17 bits per heavy atom. The van der Waals surface area contributed by atoms with Crippen molar-refractivity contribution in [2.24, 2.45) is 11.3 Å². The summed E-state index contributed by atoms with van der Waals surface area (Å²) in [5.41, 5.74) is 0.794. The van der Waals surface area contributed by atoms with Crippen molar-refractivity contribution in [1.82, 2.24) is 10.6 Å². The van der Waals surface area contributed by atoms with Crippen LogP contribution in [-0.2, 0) is 0 Å². The van der Waals surface area contributed by atoms with Gasteiger partial charge >= 0.3 is 0 Å². The van der Waals surface area contributed by atoms with E-state index in [1.54, 1.807) is 0 Å². The van der Waals surface area contributed by atoms with Gasteiger partial charge in [-0.2, -0.15) is 0 Å². The largest absolute Gasteiger partial charge is 0.320 e. The van der Waals surface area contributed by atoms with Gasteiger partial charge in [-0.3, -0.25) is 0 Å². The first-order valence-electron chi connectivity index (χ1n) is 5.23. The normalized spacial score (nSPS) is 32.2. The predicted octanol–water partition coefficient (Wildman–Crippen LogP) is 0.986. The van der Waals surface area contributed by atoms with Crippen LogP contribution in [-0.4, -0.2) is 26.7 Å². The Morgan fingerprint density at radius 1 is 1.42 bits per heavy atom. The minimum Gasteiger partial charge on any atom is -0.320 e. The zero-order chi connectivity index (χ0) is 8.44. The van der Waals surface area contributed by atoms with E-state index in [1.165, 1.54) is 45.3 Å². The summed E-state index contributed by atoms with van der Waals surface area (Å²) < 4.78 is 0. The van der Waals surface area contributed by atoms with Crippen molar-refractivity contribution in [3.05, 3.63) is 0 Å². The fourth-order valence-corrected chi connectivity index (χ4v) is 2.70. The molecule has 12 heavy (non-hydrogen) atoms. The highest BCUT2D eigenvalue weighted by molar-refractivity contribution is 5.04. The molecule has 1 saturated heterocycles. The van der Waals surface area contributed by atoms with Crippen molar-refractivity contribution in [3.63, 3.8) is 0 Å². The highest BCUT2D eigenvalue weighted by Crippen LogP contribution is 2.59. The van der Waals surface area contributed by atoms with Crippen molar-refractivity contribution >= 4 is 0 Å². The SMILES string of the molecule is CNCCC1CC12CCNCC2. The van der Waals surface area contributed by atoms with Gasteiger partial charge in [0, 0.05) is 0 Å². The fourth-order valence-electron chi connectivity index (χ4n) is 2.70. The third-order valence-electron chi connectivity index (χ3n) is 3.70. The molecule has 2 rings (SSSR count). The molecule has 2 nitrogen and oxygen atoms in total. The first-order valence-corrected chi connectivity index (χ1v) is 5.23. The molecular formula is C10H20N2. The van der Waals surface area contributed by atoms with Gasteiger partial charge in [0.2, 0.25) is 0 Å². The summed E-state index contributed by atoms with van der Waals surface area (Å²) in [7, 11) is 2.05. The molecule has 1 atom stereocenters. The van der Waals surface area contributed by atoms with Crippen molar-refractivity contribution in [2.45, 2.75) is 25.7 Å². The van der Waals surface area contributed by atoms with E-state index < -0.39 is 0 Å². The van der Waals surface area contributed by atoms with Gasteiger partial charge in [0.25, 0.3) is 0 Å². The van der Waals surface area contributed by atoms with Crippen LogP contribution >= 0.6 is 0 Å². The Labute approximate surface area is 75.1 Å². The topological polar surface area (TPSA) is 24.1 Å². The van der Waals surface area contributed by atoms with Crippen molar-refractivity contribution in [1.29, 1.82) is 0 Å². The first-order chi connectivity index (χ1) is 5.87. The third kappa shape index (κ3) is 1.50. The van der Waals surface area contributed by atoms with Gasteiger partial charge in [0.05, 0.1) is 0 Å². The molecule has 2 aliphatic rings. The lowest BCUT2D eigenvalue weighted by Crippen LogP contribution is -2.30. The number of hydrogen-bond acceptors (Lipinski definition) is 2. The highest BCUT2D eigenvalue weighted by atomic mass is 14.9. The smallest absolute Gasteiger partial charge is 0.00435 e. The summed E-state index contributed by atoms with van der Waals surface area (Å²) >= 11 is 0. The summed E-state index contributed by atoms with van der Waals surface area (Å²) in [6.07, 6.45) is 5.77. The van der Waals surface area contributed by atoms with E-state index in [0.717, 1.165) is 11.3 Å². The van der Waals surface area contributed by atoms with Crippen LogP contribution in [0.4, 0.5) is 0 Å². The monoisotopic (exact) mass is 168 g/mol. The Bertz CT molecular complexity index is 148. The van der Waals surface area contributed by atoms with E-state index in [-0.39, 0.29) is 0 Å². The molecule has 0 radical (unpaired) electrons. The van der Waals surface area contributed by atoms with E-state index >= 15 is 0 Å². The molecule has 2 N–H and O–H groups in total. The van der Waals surface area contributed by atoms with Crippen LogP contribution in [0.25, 0.3) is 0 Å². The number of piperidine rings is 1. The quantitative estimate of drug-likeness (QED) is 0.656. The molecule has 2 fully saturated rings. The molecule has 0 bridgehead atoms. The summed E-state index contributed by atoms with van der Waals surface area (Å²) in [4.78, 5) is 0. The Kier molecular flexibility index (Phi) is 2.37. The van der Waals surface area contributed by atoms with Crippen LogP contribution < -0.4 is 10.6 Å². The number of rotatable bonds is 3. The lowest BCUT2D eigenvalue weighted by atomic mass is 9.91. The summed E-state index contributed by atoms with van der Waals surface area (Å²) in [6.45, 7) is 3.73. The van der Waals surface area contributed by atoms with Gasteiger partial charge < -0.3 is 10.6 Å². The first kappa shape index (κ1) is 8.52. The molecule has 1 saturated carbocycles. The minimum absolute atomic E-state index is 0.794. The number of hydrogen-bond donors (Lipinski definition) is 2. The second-order valence-corrected chi connectivity index (χ2v) is 4.41. The molecular weight excluding hydrogens is 148 g/mol. The van der Waals surface area contributed by atoms with E-state index in [0.29, 0.717) is 0 Å². The van der Waals surface area contributed by atoms with Gasteiger partial charge in [-0.25, -0.2) is 0 Å². The average molecular weight is 168 g/mol. The van der Waals surface area contributed by atoms with E-state index in [4.69, 9.17) is 0 Å². The maximum atomic E-state index is 3.44. The fraction of sp³-hybridized carbons (Fsp3) is 1.00. The molecule has 0 aromatic heterocycles. The van der Waals surface area contributed by atoms with Crippen LogP contribution in [0.5, 0.6) is 0 Å². The lowest BCUT2D eigenvalue weighted by Gasteiger charge is -2.23. The van der Waals surface area contributed by atoms with Crippen LogP contribution in [0.15, 0.2) is 0 Å². The summed E-state index contributed by atoms with van der Waals surface area (Å²) in [5.74, 6) is 1.05. The standard InChI is InChI=1S/C10H20N2/c1-11-5-2-9-8-10(9)3-6-12-7-4-10/h9,11-12H,2-8H2,1H3. The zero-order valence-electron chi connectivity index (χ0n) is 8.03. The maximum Gasteiger partial charge on any atom is -0.00435 e. The summed E-state index contributed by atoms with van der Waals surface area (Å²) in [6, 6.07) is 0. The van der Waals surface area contributed by atoms with E-state index in [1.807, 2.05) is 0 Å². The molecule has 0 aromatic rings. The molecule has 0 amide bonds. The van der Waals surface area contributed by atoms with Crippen LogP contribution in [0.1, 0.15) is 25.7 Å². The molecule has 0 aromatic carbocycles. The van der Waals surface area contributed by atoms with E-state index in [2.05, 4.69) is 17.7 Å². The second-order valence-electron chi connectivity index (χ2n) is 4.41. The van der Waals surface area contributed by atoms with Crippen molar-refractivity contribution in [3.8, 4) is 0 Å². The molecule has 1 aliphatic heterocycles.